The van der Waals surface area contributed by atoms with Crippen molar-refractivity contribution in [1.82, 2.24) is 4.57 Å². The topological polar surface area (TPSA) is 37.9 Å². The zero-order chi connectivity index (χ0) is 11.9. The van der Waals surface area contributed by atoms with E-state index < -0.39 is 0 Å². The number of aromatic nitrogens is 1. The Morgan fingerprint density at radius 2 is 2.00 bits per heavy atom. The monoisotopic (exact) mass is 214 g/mol. The zero-order valence-corrected chi connectivity index (χ0v) is 9.96. The smallest absolute Gasteiger partial charge is 0.143 e. The van der Waals surface area contributed by atoms with Gasteiger partial charge in [-0.1, -0.05) is 0 Å². The molecular weight excluding hydrogens is 200 g/mol. The molecular formula is C13H14N2O. The average molecular weight is 214 g/mol. The van der Waals surface area contributed by atoms with Crippen molar-refractivity contribution in [3.63, 3.8) is 0 Å². The molecule has 0 bridgehead atoms. The van der Waals surface area contributed by atoms with Crippen LogP contribution in [0.5, 0.6) is 5.75 Å². The predicted octanol–water partition coefficient (Wildman–Crippen LogP) is 2.68. The number of aryl methyl sites for hydroxylation is 3. The standard InChI is InChI=1S/C13H14N2O/c1-8-5-10-9(2)11(7-14)15(3)13(10)12(6-8)16-4/h5-6H,1-4H3. The Labute approximate surface area is 94.9 Å². The molecule has 0 amide bonds. The van der Waals surface area contributed by atoms with Gasteiger partial charge in [0.1, 0.15) is 17.5 Å². The second kappa shape index (κ2) is 3.57. The van der Waals surface area contributed by atoms with E-state index in [2.05, 4.69) is 12.1 Å². The Morgan fingerprint density at radius 3 is 2.56 bits per heavy atom. The molecule has 0 unspecified atom stereocenters. The maximum atomic E-state index is 9.12. The van der Waals surface area contributed by atoms with Crippen LogP contribution in [0.1, 0.15) is 16.8 Å². The number of fused-ring (bicyclic) bond motifs is 1. The minimum atomic E-state index is 0.693. The molecule has 2 rings (SSSR count). The first kappa shape index (κ1) is 10.6. The lowest BCUT2D eigenvalue weighted by molar-refractivity contribution is 0.417. The van der Waals surface area contributed by atoms with Crippen LogP contribution in [0, 0.1) is 25.2 Å². The summed E-state index contributed by atoms with van der Waals surface area (Å²) < 4.78 is 7.26. The van der Waals surface area contributed by atoms with Crippen LogP contribution >= 0.6 is 0 Å². The summed E-state index contributed by atoms with van der Waals surface area (Å²) in [5, 5.41) is 10.2. The lowest BCUT2D eigenvalue weighted by Crippen LogP contribution is -1.94. The molecule has 1 aromatic carbocycles. The molecule has 82 valence electrons. The molecule has 0 aliphatic rings. The number of hydrogen-bond donors (Lipinski definition) is 0. The second-order valence-electron chi connectivity index (χ2n) is 4.01. The highest BCUT2D eigenvalue weighted by Gasteiger charge is 2.15. The van der Waals surface area contributed by atoms with Gasteiger partial charge >= 0.3 is 0 Å². The lowest BCUT2D eigenvalue weighted by Gasteiger charge is -2.06. The van der Waals surface area contributed by atoms with Crippen LogP contribution in [0.25, 0.3) is 10.9 Å². The van der Waals surface area contributed by atoms with Gasteiger partial charge in [0.25, 0.3) is 0 Å². The van der Waals surface area contributed by atoms with Crippen LogP contribution in [0.2, 0.25) is 0 Å². The highest BCUT2D eigenvalue weighted by atomic mass is 16.5. The fourth-order valence-corrected chi connectivity index (χ4v) is 2.18. The molecule has 0 N–H and O–H groups in total. The molecule has 0 saturated heterocycles. The van der Waals surface area contributed by atoms with Crippen molar-refractivity contribution in [1.29, 1.82) is 5.26 Å². The maximum Gasteiger partial charge on any atom is 0.143 e. The molecule has 0 spiro atoms. The number of nitriles is 1. The molecule has 3 heteroatoms. The summed E-state index contributed by atoms with van der Waals surface area (Å²) in [4.78, 5) is 0. The van der Waals surface area contributed by atoms with Crippen LogP contribution in [0.15, 0.2) is 12.1 Å². The van der Waals surface area contributed by atoms with E-state index in [4.69, 9.17) is 10.00 Å². The van der Waals surface area contributed by atoms with Crippen molar-refractivity contribution in [3.05, 3.63) is 29.0 Å². The Kier molecular flexibility index (Phi) is 2.35. The third-order valence-electron chi connectivity index (χ3n) is 2.98. The molecule has 0 aliphatic heterocycles. The van der Waals surface area contributed by atoms with Crippen LogP contribution in [0.3, 0.4) is 0 Å². The van der Waals surface area contributed by atoms with E-state index in [-0.39, 0.29) is 0 Å². The summed E-state index contributed by atoms with van der Waals surface area (Å²) in [6, 6.07) is 6.31. The van der Waals surface area contributed by atoms with Gasteiger partial charge < -0.3 is 9.30 Å². The Hall–Kier alpha value is -1.95. The van der Waals surface area contributed by atoms with Crippen LogP contribution < -0.4 is 4.74 Å². The minimum Gasteiger partial charge on any atom is -0.495 e. The van der Waals surface area contributed by atoms with Crippen LogP contribution in [-0.2, 0) is 7.05 Å². The number of benzene rings is 1. The molecule has 1 aromatic heterocycles. The Morgan fingerprint density at radius 1 is 1.31 bits per heavy atom. The highest BCUT2D eigenvalue weighted by molar-refractivity contribution is 5.91. The molecule has 0 aliphatic carbocycles. The van der Waals surface area contributed by atoms with Gasteiger partial charge in [-0.3, -0.25) is 0 Å². The van der Waals surface area contributed by atoms with Gasteiger partial charge in [-0.15, -0.1) is 0 Å². The van der Waals surface area contributed by atoms with Gasteiger partial charge in [0.05, 0.1) is 12.6 Å². The SMILES string of the molecule is COc1cc(C)cc2c(C)c(C#N)n(C)c12. The summed E-state index contributed by atoms with van der Waals surface area (Å²) in [5.41, 5.74) is 3.84. The highest BCUT2D eigenvalue weighted by Crippen LogP contribution is 2.32. The molecule has 1 heterocycles. The zero-order valence-electron chi connectivity index (χ0n) is 9.96. The van der Waals surface area contributed by atoms with Gasteiger partial charge in [0.2, 0.25) is 0 Å². The van der Waals surface area contributed by atoms with Crippen molar-refractivity contribution < 1.29 is 4.74 Å². The normalized spacial score (nSPS) is 10.4. The fraction of sp³-hybridized carbons (Fsp3) is 0.308. The fourth-order valence-electron chi connectivity index (χ4n) is 2.18. The quantitative estimate of drug-likeness (QED) is 0.732. The number of rotatable bonds is 1. The van der Waals surface area contributed by atoms with Crippen molar-refractivity contribution in [2.45, 2.75) is 13.8 Å². The van der Waals surface area contributed by atoms with Gasteiger partial charge in [0.15, 0.2) is 0 Å². The van der Waals surface area contributed by atoms with E-state index in [0.717, 1.165) is 27.8 Å². The summed E-state index contributed by atoms with van der Waals surface area (Å²) >= 11 is 0. The number of ether oxygens (including phenoxy) is 1. The Balaban J connectivity index is 2.99. The number of nitrogens with zero attached hydrogens (tertiary/aromatic N) is 2. The molecule has 2 aromatic rings. The van der Waals surface area contributed by atoms with Gasteiger partial charge in [-0.05, 0) is 37.1 Å². The lowest BCUT2D eigenvalue weighted by atomic mass is 10.1. The Bertz CT molecular complexity index is 603. The minimum absolute atomic E-state index is 0.693. The second-order valence-corrected chi connectivity index (χ2v) is 4.01. The molecule has 0 radical (unpaired) electrons. The van der Waals surface area contributed by atoms with Gasteiger partial charge in [0, 0.05) is 12.4 Å². The summed E-state index contributed by atoms with van der Waals surface area (Å²) in [6.45, 7) is 4.00. The summed E-state index contributed by atoms with van der Waals surface area (Å²) in [7, 11) is 3.55. The maximum absolute atomic E-state index is 9.12. The van der Waals surface area contributed by atoms with Crippen molar-refractivity contribution >= 4 is 10.9 Å². The van der Waals surface area contributed by atoms with E-state index in [0.29, 0.717) is 5.69 Å². The summed E-state index contributed by atoms with van der Waals surface area (Å²) in [5.74, 6) is 0.821. The van der Waals surface area contributed by atoms with Gasteiger partial charge in [-0.2, -0.15) is 5.26 Å². The largest absolute Gasteiger partial charge is 0.495 e. The first-order valence-electron chi connectivity index (χ1n) is 5.14. The summed E-state index contributed by atoms with van der Waals surface area (Å²) in [6.07, 6.45) is 0. The number of methoxy groups -OCH3 is 1. The van der Waals surface area contributed by atoms with E-state index in [1.165, 1.54) is 0 Å². The first-order chi connectivity index (χ1) is 7.60. The van der Waals surface area contributed by atoms with Crippen LogP contribution in [-0.4, -0.2) is 11.7 Å². The van der Waals surface area contributed by atoms with E-state index >= 15 is 0 Å². The first-order valence-corrected chi connectivity index (χ1v) is 5.14. The van der Waals surface area contributed by atoms with E-state index in [1.54, 1.807) is 7.11 Å². The third kappa shape index (κ3) is 1.27. The molecule has 16 heavy (non-hydrogen) atoms. The van der Waals surface area contributed by atoms with Crippen molar-refractivity contribution in [3.8, 4) is 11.8 Å². The van der Waals surface area contributed by atoms with Crippen molar-refractivity contribution in [2.75, 3.05) is 7.11 Å². The number of hydrogen-bond acceptors (Lipinski definition) is 2. The molecule has 0 saturated carbocycles. The molecule has 3 nitrogen and oxygen atoms in total. The van der Waals surface area contributed by atoms with E-state index in [9.17, 15) is 0 Å². The van der Waals surface area contributed by atoms with Gasteiger partial charge in [-0.25, -0.2) is 0 Å². The van der Waals surface area contributed by atoms with Crippen molar-refractivity contribution in [2.24, 2.45) is 7.05 Å². The van der Waals surface area contributed by atoms with Crippen LogP contribution in [0.4, 0.5) is 0 Å². The molecule has 0 fully saturated rings. The average Bonchev–Trinajstić information content (AvgIpc) is 2.50. The predicted molar refractivity (Wildman–Crippen MR) is 63.7 cm³/mol. The third-order valence-corrected chi connectivity index (χ3v) is 2.98. The van der Waals surface area contributed by atoms with E-state index in [1.807, 2.05) is 31.5 Å². The molecule has 0 atom stereocenters.